The molecule has 5 N–H and O–H groups in total. The number of nitrogens with one attached hydrogen (secondary N) is 1. The zero-order chi connectivity index (χ0) is 9.68. The highest BCUT2D eigenvalue weighted by atomic mass is 14.9. The third-order valence-electron chi connectivity index (χ3n) is 1.95. The second-order valence-electron chi connectivity index (χ2n) is 3.12. The Morgan fingerprint density at radius 1 is 1.23 bits per heavy atom. The van der Waals surface area contributed by atoms with Crippen molar-refractivity contribution in [2.45, 2.75) is 19.8 Å². The van der Waals surface area contributed by atoms with Crippen molar-refractivity contribution in [1.82, 2.24) is 0 Å². The number of hydrogen-bond donors (Lipinski definition) is 3. The molecule has 0 spiro atoms. The van der Waals surface area contributed by atoms with Crippen molar-refractivity contribution < 1.29 is 0 Å². The number of unbranched alkanes of at least 4 members (excludes halogenated alkanes) is 1. The summed E-state index contributed by atoms with van der Waals surface area (Å²) in [6.45, 7) is 3.15. The van der Waals surface area contributed by atoms with Crippen LogP contribution in [0.4, 0.5) is 17.1 Å². The molecule has 0 amide bonds. The Labute approximate surface area is 79.1 Å². The molecule has 0 aliphatic carbocycles. The molecular weight excluding hydrogens is 162 g/mol. The summed E-state index contributed by atoms with van der Waals surface area (Å²) >= 11 is 0. The fraction of sp³-hybridized carbons (Fsp3) is 0.400. The van der Waals surface area contributed by atoms with Gasteiger partial charge in [0.25, 0.3) is 0 Å². The van der Waals surface area contributed by atoms with Crippen LogP contribution in [-0.2, 0) is 0 Å². The van der Waals surface area contributed by atoms with Crippen LogP contribution in [0.15, 0.2) is 18.2 Å². The summed E-state index contributed by atoms with van der Waals surface area (Å²) in [5, 5.41) is 3.28. The SMILES string of the molecule is CCCCNc1ccc(N)c(N)c1. The molecule has 72 valence electrons. The zero-order valence-corrected chi connectivity index (χ0v) is 8.01. The predicted octanol–water partition coefficient (Wildman–Crippen LogP) is 2.06. The molecule has 0 saturated carbocycles. The van der Waals surface area contributed by atoms with Gasteiger partial charge >= 0.3 is 0 Å². The monoisotopic (exact) mass is 179 g/mol. The molecule has 3 heteroatoms. The van der Waals surface area contributed by atoms with Gasteiger partial charge in [0, 0.05) is 12.2 Å². The molecular formula is C10H17N3. The number of rotatable bonds is 4. The zero-order valence-electron chi connectivity index (χ0n) is 8.01. The maximum Gasteiger partial charge on any atom is 0.0568 e. The lowest BCUT2D eigenvalue weighted by molar-refractivity contribution is 0.834. The Morgan fingerprint density at radius 3 is 2.62 bits per heavy atom. The maximum absolute atomic E-state index is 5.66. The average Bonchev–Trinajstić information content (AvgIpc) is 2.12. The van der Waals surface area contributed by atoms with Crippen LogP contribution < -0.4 is 16.8 Å². The molecule has 0 aliphatic rings. The van der Waals surface area contributed by atoms with E-state index in [0.29, 0.717) is 11.4 Å². The van der Waals surface area contributed by atoms with E-state index in [-0.39, 0.29) is 0 Å². The summed E-state index contributed by atoms with van der Waals surface area (Å²) in [6.07, 6.45) is 2.36. The van der Waals surface area contributed by atoms with E-state index in [1.165, 1.54) is 12.8 Å². The standard InChI is InChI=1S/C10H17N3/c1-2-3-6-13-8-4-5-9(11)10(12)7-8/h4-5,7,13H,2-3,6,11-12H2,1H3. The minimum atomic E-state index is 0.640. The van der Waals surface area contributed by atoms with E-state index in [1.54, 1.807) is 0 Å². The molecule has 0 saturated heterocycles. The molecule has 0 atom stereocenters. The number of anilines is 3. The van der Waals surface area contributed by atoms with E-state index >= 15 is 0 Å². The van der Waals surface area contributed by atoms with Crippen LogP contribution in [0.2, 0.25) is 0 Å². The van der Waals surface area contributed by atoms with E-state index < -0.39 is 0 Å². The molecule has 3 nitrogen and oxygen atoms in total. The first kappa shape index (κ1) is 9.71. The summed E-state index contributed by atoms with van der Waals surface area (Å²) < 4.78 is 0. The average molecular weight is 179 g/mol. The van der Waals surface area contributed by atoms with Crippen molar-refractivity contribution in [2.24, 2.45) is 0 Å². The largest absolute Gasteiger partial charge is 0.397 e. The van der Waals surface area contributed by atoms with E-state index in [0.717, 1.165) is 12.2 Å². The van der Waals surface area contributed by atoms with Gasteiger partial charge in [-0.15, -0.1) is 0 Å². The van der Waals surface area contributed by atoms with Gasteiger partial charge in [-0.25, -0.2) is 0 Å². The Morgan fingerprint density at radius 2 is 2.00 bits per heavy atom. The molecule has 1 aromatic rings. The van der Waals surface area contributed by atoms with Crippen molar-refractivity contribution >= 4 is 17.1 Å². The number of nitrogens with two attached hydrogens (primary N) is 2. The second-order valence-corrected chi connectivity index (χ2v) is 3.12. The Hall–Kier alpha value is -1.38. The van der Waals surface area contributed by atoms with Crippen molar-refractivity contribution in [3.63, 3.8) is 0 Å². The summed E-state index contributed by atoms with van der Waals surface area (Å²) in [5.41, 5.74) is 13.6. The summed E-state index contributed by atoms with van der Waals surface area (Å²) in [7, 11) is 0. The third kappa shape index (κ3) is 2.86. The van der Waals surface area contributed by atoms with Crippen LogP contribution in [0.3, 0.4) is 0 Å². The molecule has 0 fully saturated rings. The van der Waals surface area contributed by atoms with Crippen LogP contribution in [0, 0.1) is 0 Å². The first-order valence-electron chi connectivity index (χ1n) is 4.63. The fourth-order valence-electron chi connectivity index (χ4n) is 1.09. The van der Waals surface area contributed by atoms with Gasteiger partial charge in [-0.1, -0.05) is 13.3 Å². The topological polar surface area (TPSA) is 64.1 Å². The fourth-order valence-corrected chi connectivity index (χ4v) is 1.09. The second kappa shape index (κ2) is 4.60. The summed E-state index contributed by atoms with van der Waals surface area (Å²) in [6, 6.07) is 5.63. The highest BCUT2D eigenvalue weighted by Gasteiger charge is 1.95. The Kier molecular flexibility index (Phi) is 3.43. The third-order valence-corrected chi connectivity index (χ3v) is 1.95. The van der Waals surface area contributed by atoms with Gasteiger partial charge in [0.1, 0.15) is 0 Å². The lowest BCUT2D eigenvalue weighted by Gasteiger charge is -2.07. The number of benzene rings is 1. The van der Waals surface area contributed by atoms with Gasteiger partial charge in [-0.3, -0.25) is 0 Å². The molecule has 0 heterocycles. The highest BCUT2D eigenvalue weighted by Crippen LogP contribution is 2.19. The molecule has 0 unspecified atom stereocenters. The molecule has 0 radical (unpaired) electrons. The van der Waals surface area contributed by atoms with Crippen LogP contribution >= 0.6 is 0 Å². The van der Waals surface area contributed by atoms with Crippen LogP contribution in [-0.4, -0.2) is 6.54 Å². The number of nitrogen functional groups attached to an aromatic ring is 2. The van der Waals surface area contributed by atoms with Gasteiger partial charge in [-0.05, 0) is 24.6 Å². The molecule has 1 aromatic carbocycles. The van der Waals surface area contributed by atoms with Crippen LogP contribution in [0.25, 0.3) is 0 Å². The smallest absolute Gasteiger partial charge is 0.0568 e. The van der Waals surface area contributed by atoms with Gasteiger partial charge in [0.2, 0.25) is 0 Å². The summed E-state index contributed by atoms with van der Waals surface area (Å²) in [4.78, 5) is 0. The summed E-state index contributed by atoms with van der Waals surface area (Å²) in [5.74, 6) is 0. The quantitative estimate of drug-likeness (QED) is 0.489. The van der Waals surface area contributed by atoms with Crippen molar-refractivity contribution in [3.8, 4) is 0 Å². The highest BCUT2D eigenvalue weighted by molar-refractivity contribution is 5.69. The molecule has 1 rings (SSSR count). The lowest BCUT2D eigenvalue weighted by atomic mass is 10.2. The van der Waals surface area contributed by atoms with E-state index in [2.05, 4.69) is 12.2 Å². The van der Waals surface area contributed by atoms with E-state index in [9.17, 15) is 0 Å². The Bertz CT molecular complexity index is 271. The first-order valence-corrected chi connectivity index (χ1v) is 4.63. The normalized spacial score (nSPS) is 9.92. The molecule has 0 aromatic heterocycles. The van der Waals surface area contributed by atoms with Crippen molar-refractivity contribution in [2.75, 3.05) is 23.3 Å². The van der Waals surface area contributed by atoms with E-state index in [1.807, 2.05) is 18.2 Å². The molecule has 13 heavy (non-hydrogen) atoms. The van der Waals surface area contributed by atoms with Crippen molar-refractivity contribution in [1.29, 1.82) is 0 Å². The first-order chi connectivity index (χ1) is 6.24. The van der Waals surface area contributed by atoms with Gasteiger partial charge in [-0.2, -0.15) is 0 Å². The minimum absolute atomic E-state index is 0.640. The van der Waals surface area contributed by atoms with E-state index in [4.69, 9.17) is 11.5 Å². The van der Waals surface area contributed by atoms with Gasteiger partial charge in [0.05, 0.1) is 11.4 Å². The van der Waals surface area contributed by atoms with Crippen LogP contribution in [0.1, 0.15) is 19.8 Å². The molecule has 0 aliphatic heterocycles. The minimum Gasteiger partial charge on any atom is -0.397 e. The lowest BCUT2D eigenvalue weighted by Crippen LogP contribution is -2.02. The van der Waals surface area contributed by atoms with Gasteiger partial charge < -0.3 is 16.8 Å². The number of hydrogen-bond acceptors (Lipinski definition) is 3. The predicted molar refractivity (Wildman–Crippen MR) is 58.7 cm³/mol. The van der Waals surface area contributed by atoms with Crippen molar-refractivity contribution in [3.05, 3.63) is 18.2 Å². The Balaban J connectivity index is 2.53. The van der Waals surface area contributed by atoms with Crippen LogP contribution in [0.5, 0.6) is 0 Å². The molecule has 0 bridgehead atoms. The van der Waals surface area contributed by atoms with Gasteiger partial charge in [0.15, 0.2) is 0 Å². The maximum atomic E-state index is 5.66.